The van der Waals surface area contributed by atoms with Crippen molar-refractivity contribution in [1.29, 1.82) is 0 Å². The van der Waals surface area contributed by atoms with Crippen LogP contribution < -0.4 is 10.1 Å². The molecule has 1 aromatic carbocycles. The number of carbonyl (C=O) groups is 2. The highest BCUT2D eigenvalue weighted by molar-refractivity contribution is 7.90. The van der Waals surface area contributed by atoms with Crippen molar-refractivity contribution in [2.45, 2.75) is 17.4 Å². The summed E-state index contributed by atoms with van der Waals surface area (Å²) < 4.78 is 33.1. The summed E-state index contributed by atoms with van der Waals surface area (Å²) in [7, 11) is -0.910. The molecule has 8 nitrogen and oxygen atoms in total. The molecule has 1 aromatic rings. The van der Waals surface area contributed by atoms with Crippen LogP contribution in [0.15, 0.2) is 23.1 Å². The van der Waals surface area contributed by atoms with Gasteiger partial charge in [-0.3, -0.25) is 4.79 Å². The summed E-state index contributed by atoms with van der Waals surface area (Å²) in [5.41, 5.74) is -1.75. The van der Waals surface area contributed by atoms with Crippen LogP contribution in [0.25, 0.3) is 0 Å². The number of carboxylic acid groups (broad SMARTS) is 1. The second-order valence-corrected chi connectivity index (χ2v) is 7.17. The van der Waals surface area contributed by atoms with Crippen LogP contribution >= 0.6 is 0 Å². The summed E-state index contributed by atoms with van der Waals surface area (Å²) >= 11 is 0. The molecule has 0 bridgehead atoms. The van der Waals surface area contributed by atoms with Crippen molar-refractivity contribution < 1.29 is 32.6 Å². The lowest BCUT2D eigenvalue weighted by molar-refractivity contribution is -0.145. The summed E-state index contributed by atoms with van der Waals surface area (Å²) in [6.07, 6.45) is 1.00. The van der Waals surface area contributed by atoms with Crippen LogP contribution in [0, 0.1) is 0 Å². The molecule has 1 rings (SSSR count). The number of benzene rings is 1. The summed E-state index contributed by atoms with van der Waals surface area (Å²) in [5, 5.41) is 11.6. The second-order valence-electron chi connectivity index (χ2n) is 5.16. The number of carboxylic acids is 1. The van der Waals surface area contributed by atoms with E-state index in [1.54, 1.807) is 0 Å². The minimum atomic E-state index is -3.53. The zero-order valence-electron chi connectivity index (χ0n) is 13.2. The average molecular weight is 345 g/mol. The zero-order chi connectivity index (χ0) is 17.8. The Morgan fingerprint density at radius 2 is 1.91 bits per heavy atom. The van der Waals surface area contributed by atoms with Crippen LogP contribution in [0.5, 0.6) is 5.75 Å². The molecule has 128 valence electrons. The highest BCUT2D eigenvalue weighted by Crippen LogP contribution is 2.23. The molecule has 0 saturated carbocycles. The van der Waals surface area contributed by atoms with Gasteiger partial charge in [-0.15, -0.1) is 0 Å². The Morgan fingerprint density at radius 3 is 2.35 bits per heavy atom. The molecular formula is C14H19NO7S. The van der Waals surface area contributed by atoms with Crippen LogP contribution in [0.3, 0.4) is 0 Å². The van der Waals surface area contributed by atoms with Crippen LogP contribution in [0.4, 0.5) is 0 Å². The highest BCUT2D eigenvalue weighted by atomic mass is 32.2. The number of aliphatic carboxylic acids is 1. The maximum atomic E-state index is 12.4. The van der Waals surface area contributed by atoms with E-state index in [4.69, 9.17) is 9.47 Å². The van der Waals surface area contributed by atoms with E-state index in [2.05, 4.69) is 5.32 Å². The number of methoxy groups -OCH3 is 2. The molecule has 0 heterocycles. The summed E-state index contributed by atoms with van der Waals surface area (Å²) in [6, 6.07) is 3.77. The van der Waals surface area contributed by atoms with E-state index in [9.17, 15) is 23.1 Å². The van der Waals surface area contributed by atoms with E-state index in [1.165, 1.54) is 33.3 Å². The molecule has 9 heteroatoms. The lowest BCUT2D eigenvalue weighted by atomic mass is 10.0. The van der Waals surface area contributed by atoms with E-state index in [0.717, 1.165) is 12.3 Å². The van der Waals surface area contributed by atoms with Crippen molar-refractivity contribution in [2.75, 3.05) is 27.1 Å². The third kappa shape index (κ3) is 4.42. The largest absolute Gasteiger partial charge is 0.496 e. The minimum absolute atomic E-state index is 0.0766. The van der Waals surface area contributed by atoms with E-state index in [1.807, 2.05) is 0 Å². The van der Waals surface area contributed by atoms with Gasteiger partial charge in [0.15, 0.2) is 15.4 Å². The van der Waals surface area contributed by atoms with Crippen molar-refractivity contribution in [2.24, 2.45) is 0 Å². The minimum Gasteiger partial charge on any atom is -0.496 e. The van der Waals surface area contributed by atoms with E-state index in [-0.39, 0.29) is 22.8 Å². The standard InChI is InChI=1S/C14H19NO7S/c1-14(8-21-2,13(17)18)15-12(16)10-7-9(23(4,19)20)5-6-11(10)22-3/h5-7H,8H2,1-4H3,(H,15,16)(H,17,18). The quantitative estimate of drug-likeness (QED) is 0.730. The average Bonchev–Trinajstić information content (AvgIpc) is 2.45. The first-order valence-electron chi connectivity index (χ1n) is 6.48. The van der Waals surface area contributed by atoms with Gasteiger partial charge in [0.2, 0.25) is 0 Å². The molecule has 23 heavy (non-hydrogen) atoms. The summed E-state index contributed by atoms with van der Waals surface area (Å²) in [6.45, 7) is 1.02. The number of hydrogen-bond donors (Lipinski definition) is 2. The van der Waals surface area contributed by atoms with Gasteiger partial charge in [0.05, 0.1) is 24.2 Å². The number of sulfone groups is 1. The Balaban J connectivity index is 3.28. The van der Waals surface area contributed by atoms with Crippen molar-refractivity contribution in [3.05, 3.63) is 23.8 Å². The SMILES string of the molecule is COCC(C)(NC(=O)c1cc(S(C)(=O)=O)ccc1OC)C(=O)O. The van der Waals surface area contributed by atoms with Crippen LogP contribution in [-0.4, -0.2) is 58.0 Å². The first-order chi connectivity index (χ1) is 10.5. The van der Waals surface area contributed by atoms with Gasteiger partial charge in [-0.05, 0) is 25.1 Å². The molecule has 0 aliphatic heterocycles. The van der Waals surface area contributed by atoms with Gasteiger partial charge in [-0.2, -0.15) is 0 Å². The number of nitrogens with one attached hydrogen (secondary N) is 1. The topological polar surface area (TPSA) is 119 Å². The molecular weight excluding hydrogens is 326 g/mol. The number of ether oxygens (including phenoxy) is 2. The maximum Gasteiger partial charge on any atom is 0.331 e. The molecule has 0 aromatic heterocycles. The van der Waals surface area contributed by atoms with Crippen LogP contribution in [0.2, 0.25) is 0 Å². The predicted molar refractivity (Wildman–Crippen MR) is 81.5 cm³/mol. The second kappa shape index (κ2) is 6.97. The third-order valence-corrected chi connectivity index (χ3v) is 4.25. The van der Waals surface area contributed by atoms with E-state index < -0.39 is 27.3 Å². The zero-order valence-corrected chi connectivity index (χ0v) is 14.1. The Labute approximate surface area is 134 Å². The Bertz CT molecular complexity index is 714. The van der Waals surface area contributed by atoms with Crippen LogP contribution in [0.1, 0.15) is 17.3 Å². The molecule has 2 N–H and O–H groups in total. The number of amides is 1. The van der Waals surface area contributed by atoms with Gasteiger partial charge >= 0.3 is 5.97 Å². The number of rotatable bonds is 7. The normalized spacial score (nSPS) is 13.9. The number of hydrogen-bond acceptors (Lipinski definition) is 6. The fraction of sp³-hybridized carbons (Fsp3) is 0.429. The van der Waals surface area contributed by atoms with Crippen LogP contribution in [-0.2, 0) is 19.4 Å². The Hall–Kier alpha value is -2.13. The van der Waals surface area contributed by atoms with Crippen molar-refractivity contribution in [1.82, 2.24) is 5.32 Å². The Kier molecular flexibility index (Phi) is 5.73. The van der Waals surface area contributed by atoms with E-state index >= 15 is 0 Å². The lowest BCUT2D eigenvalue weighted by Gasteiger charge is -2.25. The Morgan fingerprint density at radius 1 is 1.30 bits per heavy atom. The summed E-state index contributed by atoms with van der Waals surface area (Å²) in [4.78, 5) is 23.7. The fourth-order valence-corrected chi connectivity index (χ4v) is 2.50. The van der Waals surface area contributed by atoms with Gasteiger partial charge < -0.3 is 19.9 Å². The third-order valence-electron chi connectivity index (χ3n) is 3.14. The van der Waals surface area contributed by atoms with Gasteiger partial charge in [0.1, 0.15) is 5.75 Å². The lowest BCUT2D eigenvalue weighted by Crippen LogP contribution is -2.55. The first kappa shape index (κ1) is 18.9. The smallest absolute Gasteiger partial charge is 0.331 e. The molecule has 0 saturated heterocycles. The van der Waals surface area contributed by atoms with Gasteiger partial charge in [-0.25, -0.2) is 13.2 Å². The first-order valence-corrected chi connectivity index (χ1v) is 8.37. The molecule has 0 radical (unpaired) electrons. The monoisotopic (exact) mass is 345 g/mol. The highest BCUT2D eigenvalue weighted by Gasteiger charge is 2.36. The molecule has 0 aliphatic carbocycles. The molecule has 1 amide bonds. The van der Waals surface area contributed by atoms with Crippen molar-refractivity contribution >= 4 is 21.7 Å². The van der Waals surface area contributed by atoms with Gasteiger partial charge in [0.25, 0.3) is 5.91 Å². The molecule has 1 unspecified atom stereocenters. The summed E-state index contributed by atoms with van der Waals surface area (Å²) in [5.74, 6) is -1.94. The number of carbonyl (C=O) groups excluding carboxylic acids is 1. The molecule has 0 fully saturated rings. The van der Waals surface area contributed by atoms with E-state index in [0.29, 0.717) is 0 Å². The molecule has 0 aliphatic rings. The van der Waals surface area contributed by atoms with Crippen molar-refractivity contribution in [3.8, 4) is 5.75 Å². The molecule has 0 spiro atoms. The maximum absolute atomic E-state index is 12.4. The van der Waals surface area contributed by atoms with Crippen molar-refractivity contribution in [3.63, 3.8) is 0 Å². The molecule has 1 atom stereocenters. The fourth-order valence-electron chi connectivity index (χ4n) is 1.85. The predicted octanol–water partition coefficient (Wildman–Crippen LogP) is 0.318. The van der Waals surface area contributed by atoms with Gasteiger partial charge in [0, 0.05) is 13.4 Å². The van der Waals surface area contributed by atoms with Gasteiger partial charge in [-0.1, -0.05) is 0 Å².